The van der Waals surface area contributed by atoms with Gasteiger partial charge in [0.1, 0.15) is 19.3 Å². The lowest BCUT2D eigenvalue weighted by Crippen LogP contribution is -2.47. The van der Waals surface area contributed by atoms with Gasteiger partial charge in [0.05, 0.1) is 33.8 Å². The standard InChI is InChI=1S/C69H137N2O7P/c1-7-10-13-16-19-22-25-27-29-31-33-34-35-36-38-40-42-44-47-50-53-56-59-62-69(73)78-67(60-57-54-51-48-45-24-21-18-15-12-9-3)66(65-77-79(74,75)76-64-63-71(4,5)6)70-68(72)61-58-55-52-49-46-43-41-39-37-32-30-28-26-23-20-17-14-11-8-2/h57,60,66-67H,7-56,58-59,61-65H2,1-6H3,(H-,70,72,74,75)/b60-57+. The van der Waals surface area contributed by atoms with Gasteiger partial charge in [0.25, 0.3) is 7.82 Å². The number of carbonyl (C=O) groups excluding carboxylic acids is 2. The van der Waals surface area contributed by atoms with E-state index in [0.717, 1.165) is 57.8 Å². The molecule has 0 aliphatic carbocycles. The van der Waals surface area contributed by atoms with Crippen LogP contribution in [0.15, 0.2) is 12.2 Å². The summed E-state index contributed by atoms with van der Waals surface area (Å²) in [5.74, 6) is -0.515. The highest BCUT2D eigenvalue weighted by Gasteiger charge is 2.27. The Morgan fingerprint density at radius 1 is 0.430 bits per heavy atom. The molecule has 0 aromatic carbocycles. The number of carbonyl (C=O) groups is 2. The molecule has 9 nitrogen and oxygen atoms in total. The summed E-state index contributed by atoms with van der Waals surface area (Å²) < 4.78 is 30.4. The second kappa shape index (κ2) is 59.9. The maximum Gasteiger partial charge on any atom is 0.306 e. The number of likely N-dealkylation sites (N-methyl/N-ethyl adjacent to an activating group) is 1. The number of nitrogens with zero attached hydrogens (tertiary/aromatic N) is 1. The van der Waals surface area contributed by atoms with Crippen molar-refractivity contribution in [3.8, 4) is 0 Å². The predicted molar refractivity (Wildman–Crippen MR) is 340 cm³/mol. The van der Waals surface area contributed by atoms with E-state index in [1.54, 1.807) is 0 Å². The zero-order valence-electron chi connectivity index (χ0n) is 53.9. The molecular formula is C69H137N2O7P. The van der Waals surface area contributed by atoms with Crippen molar-refractivity contribution < 1.29 is 37.3 Å². The minimum absolute atomic E-state index is 0.0165. The van der Waals surface area contributed by atoms with Gasteiger partial charge in [-0.05, 0) is 31.8 Å². The number of phosphoric acid groups is 1. The Hall–Kier alpha value is -1.25. The average Bonchev–Trinajstić information content (AvgIpc) is 3.41. The van der Waals surface area contributed by atoms with Gasteiger partial charge in [0.15, 0.2) is 0 Å². The van der Waals surface area contributed by atoms with Crippen molar-refractivity contribution in [1.29, 1.82) is 0 Å². The fourth-order valence-corrected chi connectivity index (χ4v) is 11.5. The number of hydrogen-bond donors (Lipinski definition) is 1. The van der Waals surface area contributed by atoms with Crippen molar-refractivity contribution in [3.05, 3.63) is 12.2 Å². The van der Waals surface area contributed by atoms with Crippen LogP contribution >= 0.6 is 7.82 Å². The molecule has 0 spiro atoms. The maximum absolute atomic E-state index is 13.6. The zero-order valence-corrected chi connectivity index (χ0v) is 54.8. The molecule has 0 bridgehead atoms. The summed E-state index contributed by atoms with van der Waals surface area (Å²) in [6, 6.07) is -0.880. The maximum atomic E-state index is 13.6. The van der Waals surface area contributed by atoms with Gasteiger partial charge in [-0.25, -0.2) is 0 Å². The Balaban J connectivity index is 5.00. The van der Waals surface area contributed by atoms with E-state index in [9.17, 15) is 19.0 Å². The molecule has 10 heteroatoms. The molecule has 0 aromatic heterocycles. The van der Waals surface area contributed by atoms with Gasteiger partial charge in [-0.1, -0.05) is 335 Å². The number of quaternary nitrogens is 1. The van der Waals surface area contributed by atoms with Crippen LogP contribution in [0.4, 0.5) is 0 Å². The van der Waals surface area contributed by atoms with E-state index in [0.29, 0.717) is 17.4 Å². The summed E-state index contributed by atoms with van der Waals surface area (Å²) in [5, 5.41) is 3.05. The first kappa shape index (κ1) is 77.8. The summed E-state index contributed by atoms with van der Waals surface area (Å²) in [5.41, 5.74) is 0. The third-order valence-electron chi connectivity index (χ3n) is 16.2. The third kappa shape index (κ3) is 61.1. The van der Waals surface area contributed by atoms with Crippen LogP contribution in [0, 0.1) is 0 Å². The van der Waals surface area contributed by atoms with Crippen LogP contribution in [0.5, 0.6) is 0 Å². The number of allylic oxidation sites excluding steroid dienone is 1. The summed E-state index contributed by atoms with van der Waals surface area (Å²) in [7, 11) is 1.21. The van der Waals surface area contributed by atoms with Crippen LogP contribution in [-0.4, -0.2) is 69.4 Å². The van der Waals surface area contributed by atoms with E-state index in [4.69, 9.17) is 13.8 Å². The van der Waals surface area contributed by atoms with Gasteiger partial charge in [-0.3, -0.25) is 14.2 Å². The minimum Gasteiger partial charge on any atom is -0.756 e. The van der Waals surface area contributed by atoms with Crippen LogP contribution in [0.3, 0.4) is 0 Å². The molecule has 470 valence electrons. The molecule has 1 N–H and O–H groups in total. The van der Waals surface area contributed by atoms with Gasteiger partial charge in [-0.15, -0.1) is 0 Å². The van der Waals surface area contributed by atoms with Crippen molar-refractivity contribution in [2.24, 2.45) is 0 Å². The molecule has 0 aliphatic heterocycles. The van der Waals surface area contributed by atoms with Crippen LogP contribution in [0.25, 0.3) is 0 Å². The lowest BCUT2D eigenvalue weighted by Gasteiger charge is -2.30. The van der Waals surface area contributed by atoms with Crippen LogP contribution < -0.4 is 10.2 Å². The first-order valence-corrected chi connectivity index (χ1v) is 36.5. The Labute approximate surface area is 492 Å². The van der Waals surface area contributed by atoms with Gasteiger partial charge in [0, 0.05) is 12.8 Å². The summed E-state index contributed by atoms with van der Waals surface area (Å²) >= 11 is 0. The highest BCUT2D eigenvalue weighted by atomic mass is 31.2. The lowest BCUT2D eigenvalue weighted by molar-refractivity contribution is -0.870. The molecule has 0 rings (SSSR count). The lowest BCUT2D eigenvalue weighted by atomic mass is 10.0. The van der Waals surface area contributed by atoms with Crippen LogP contribution in [0.2, 0.25) is 0 Å². The predicted octanol–water partition coefficient (Wildman–Crippen LogP) is 21.3. The summed E-state index contributed by atoms with van der Waals surface area (Å²) in [4.78, 5) is 40.1. The SMILES string of the molecule is CCCCCCCCCCC/C=C/C(OC(=O)CCCCCCCCCCCCCCCCCCCCCCCCC)C(COP(=O)([O-])OCC[N+](C)(C)C)NC(=O)CCCCCCCCCCCCCCCCCCCCC. The number of unbranched alkanes of at least 4 members (excludes halogenated alkanes) is 49. The van der Waals surface area contributed by atoms with Crippen molar-refractivity contribution >= 4 is 19.7 Å². The second-order valence-corrected chi connectivity index (χ2v) is 26.8. The molecule has 3 atom stereocenters. The minimum atomic E-state index is -4.69. The van der Waals surface area contributed by atoms with E-state index < -0.39 is 20.0 Å². The van der Waals surface area contributed by atoms with E-state index in [1.807, 2.05) is 33.3 Å². The normalized spacial score (nSPS) is 13.6. The number of nitrogens with one attached hydrogen (secondary N) is 1. The van der Waals surface area contributed by atoms with Gasteiger partial charge >= 0.3 is 5.97 Å². The number of hydrogen-bond acceptors (Lipinski definition) is 7. The van der Waals surface area contributed by atoms with Crippen molar-refractivity contribution in [1.82, 2.24) is 5.32 Å². The highest BCUT2D eigenvalue weighted by Crippen LogP contribution is 2.38. The Morgan fingerprint density at radius 3 is 1.04 bits per heavy atom. The van der Waals surface area contributed by atoms with Crippen LogP contribution in [0.1, 0.15) is 367 Å². The Kier molecular flexibility index (Phi) is 58.9. The molecule has 0 radical (unpaired) electrons. The summed E-state index contributed by atoms with van der Waals surface area (Å²) in [6.07, 6.45) is 70.5. The van der Waals surface area contributed by atoms with Crippen molar-refractivity contribution in [2.75, 3.05) is 40.9 Å². The number of esters is 1. The van der Waals surface area contributed by atoms with Crippen molar-refractivity contribution in [3.63, 3.8) is 0 Å². The molecule has 0 saturated carbocycles. The first-order chi connectivity index (χ1) is 38.4. The molecule has 79 heavy (non-hydrogen) atoms. The van der Waals surface area contributed by atoms with E-state index >= 15 is 0 Å². The highest BCUT2D eigenvalue weighted by molar-refractivity contribution is 7.45. The smallest absolute Gasteiger partial charge is 0.306 e. The second-order valence-electron chi connectivity index (χ2n) is 25.4. The van der Waals surface area contributed by atoms with Gasteiger partial charge in [-0.2, -0.15) is 0 Å². The molecule has 0 fully saturated rings. The first-order valence-electron chi connectivity index (χ1n) is 35.0. The fraction of sp³-hybridized carbons (Fsp3) is 0.942. The van der Waals surface area contributed by atoms with Crippen molar-refractivity contribution in [2.45, 2.75) is 380 Å². The topological polar surface area (TPSA) is 114 Å². The monoisotopic (exact) mass is 1140 g/mol. The molecule has 0 aromatic rings. The third-order valence-corrected chi connectivity index (χ3v) is 17.2. The van der Waals surface area contributed by atoms with E-state index in [2.05, 4.69) is 26.1 Å². The average molecular weight is 1140 g/mol. The van der Waals surface area contributed by atoms with Crippen LogP contribution in [-0.2, 0) is 27.9 Å². The number of rotatable bonds is 65. The van der Waals surface area contributed by atoms with E-state index in [1.165, 1.54) is 276 Å². The number of phosphoric ester groups is 1. The Morgan fingerprint density at radius 2 is 0.722 bits per heavy atom. The fourth-order valence-electron chi connectivity index (χ4n) is 10.8. The van der Waals surface area contributed by atoms with E-state index in [-0.39, 0.29) is 31.5 Å². The zero-order chi connectivity index (χ0) is 57.9. The van der Waals surface area contributed by atoms with Gasteiger partial charge < -0.3 is 28.5 Å². The molecule has 0 heterocycles. The molecule has 3 unspecified atom stereocenters. The Bertz CT molecular complexity index is 1360. The molecular weight excluding hydrogens is 1000 g/mol. The molecule has 0 aliphatic rings. The number of amides is 1. The summed E-state index contributed by atoms with van der Waals surface area (Å²) in [6.45, 7) is 6.91. The number of ether oxygens (including phenoxy) is 1. The largest absolute Gasteiger partial charge is 0.756 e. The van der Waals surface area contributed by atoms with Gasteiger partial charge in [0.2, 0.25) is 5.91 Å². The quantitative estimate of drug-likeness (QED) is 0.0212. The molecule has 1 amide bonds. The molecule has 0 saturated heterocycles.